The van der Waals surface area contributed by atoms with Crippen molar-refractivity contribution < 1.29 is 4.42 Å². The largest absolute Gasteiger partial charge is 0.457 e. The highest BCUT2D eigenvalue weighted by molar-refractivity contribution is 6.29. The standard InChI is InChI=1S/C16H19ClN2O/c1-9(2)6-11-8-15(17)19-16(18-11)14-5-4-13(20-14)12-7-10(12)3/h4-5,8-10,12H,6-7H2,1-3H3. The lowest BCUT2D eigenvalue weighted by atomic mass is 10.1. The minimum Gasteiger partial charge on any atom is -0.457 e. The monoisotopic (exact) mass is 290 g/mol. The first-order valence-electron chi connectivity index (χ1n) is 7.16. The van der Waals surface area contributed by atoms with E-state index in [2.05, 4.69) is 30.7 Å². The van der Waals surface area contributed by atoms with Gasteiger partial charge in [-0.25, -0.2) is 9.97 Å². The normalized spacial score (nSPS) is 21.4. The van der Waals surface area contributed by atoms with Gasteiger partial charge in [0.2, 0.25) is 0 Å². The molecule has 2 atom stereocenters. The van der Waals surface area contributed by atoms with E-state index < -0.39 is 0 Å². The number of halogens is 1. The molecule has 0 saturated heterocycles. The van der Waals surface area contributed by atoms with Gasteiger partial charge in [0, 0.05) is 11.6 Å². The van der Waals surface area contributed by atoms with Crippen LogP contribution in [0.4, 0.5) is 0 Å². The molecule has 1 fully saturated rings. The van der Waals surface area contributed by atoms with Crippen LogP contribution < -0.4 is 0 Å². The quantitative estimate of drug-likeness (QED) is 0.765. The molecule has 0 bridgehead atoms. The summed E-state index contributed by atoms with van der Waals surface area (Å²) in [5, 5.41) is 0.475. The zero-order chi connectivity index (χ0) is 14.3. The van der Waals surface area contributed by atoms with E-state index in [1.807, 2.05) is 18.2 Å². The Kier molecular flexibility index (Phi) is 3.55. The highest BCUT2D eigenvalue weighted by Gasteiger charge is 2.36. The van der Waals surface area contributed by atoms with Crippen molar-refractivity contribution in [3.05, 3.63) is 34.8 Å². The second-order valence-corrected chi connectivity index (χ2v) is 6.51. The van der Waals surface area contributed by atoms with Gasteiger partial charge in [-0.05, 0) is 42.9 Å². The molecule has 0 spiro atoms. The number of rotatable bonds is 4. The lowest BCUT2D eigenvalue weighted by Crippen LogP contribution is -2.00. The van der Waals surface area contributed by atoms with Crippen LogP contribution in [-0.4, -0.2) is 9.97 Å². The Balaban J connectivity index is 1.89. The Bertz CT molecular complexity index is 621. The number of furan rings is 1. The van der Waals surface area contributed by atoms with E-state index >= 15 is 0 Å². The molecule has 2 aromatic heterocycles. The first kappa shape index (κ1) is 13.6. The van der Waals surface area contributed by atoms with Gasteiger partial charge in [0.1, 0.15) is 10.9 Å². The molecule has 0 N–H and O–H groups in total. The fourth-order valence-electron chi connectivity index (χ4n) is 2.49. The number of nitrogens with zero attached hydrogens (tertiary/aromatic N) is 2. The zero-order valence-electron chi connectivity index (χ0n) is 12.1. The van der Waals surface area contributed by atoms with E-state index in [1.165, 1.54) is 6.42 Å². The van der Waals surface area contributed by atoms with Crippen LogP contribution in [0.5, 0.6) is 0 Å². The van der Waals surface area contributed by atoms with Crippen molar-refractivity contribution in [3.8, 4) is 11.6 Å². The Morgan fingerprint density at radius 2 is 2.10 bits per heavy atom. The molecule has 0 radical (unpaired) electrons. The summed E-state index contributed by atoms with van der Waals surface area (Å²) in [5.74, 6) is 4.18. The first-order valence-corrected chi connectivity index (χ1v) is 7.54. The molecule has 2 unspecified atom stereocenters. The van der Waals surface area contributed by atoms with Crippen LogP contribution in [-0.2, 0) is 6.42 Å². The molecule has 0 aromatic carbocycles. The van der Waals surface area contributed by atoms with E-state index in [0.29, 0.717) is 28.6 Å². The van der Waals surface area contributed by atoms with E-state index in [4.69, 9.17) is 16.0 Å². The van der Waals surface area contributed by atoms with Crippen LogP contribution in [0, 0.1) is 11.8 Å². The Labute approximate surface area is 124 Å². The molecule has 2 aromatic rings. The van der Waals surface area contributed by atoms with Gasteiger partial charge in [-0.3, -0.25) is 0 Å². The molecule has 0 amide bonds. The SMILES string of the molecule is CC(C)Cc1cc(Cl)nc(-c2ccc(C3CC3C)o2)n1. The average Bonchev–Trinajstić information content (AvgIpc) is 2.89. The summed E-state index contributed by atoms with van der Waals surface area (Å²) in [4.78, 5) is 8.85. The lowest BCUT2D eigenvalue weighted by Gasteiger charge is -2.06. The topological polar surface area (TPSA) is 38.9 Å². The second-order valence-electron chi connectivity index (χ2n) is 6.13. The van der Waals surface area contributed by atoms with Gasteiger partial charge in [0.05, 0.1) is 0 Å². The summed E-state index contributed by atoms with van der Waals surface area (Å²) in [7, 11) is 0. The van der Waals surface area contributed by atoms with E-state index in [0.717, 1.165) is 23.8 Å². The van der Waals surface area contributed by atoms with Gasteiger partial charge in [0.15, 0.2) is 11.6 Å². The molecule has 20 heavy (non-hydrogen) atoms. The third-order valence-corrected chi connectivity index (χ3v) is 3.88. The van der Waals surface area contributed by atoms with Gasteiger partial charge in [-0.15, -0.1) is 0 Å². The number of hydrogen-bond donors (Lipinski definition) is 0. The van der Waals surface area contributed by atoms with Crippen molar-refractivity contribution >= 4 is 11.6 Å². The summed E-state index contributed by atoms with van der Waals surface area (Å²) >= 11 is 6.10. The molecule has 3 rings (SSSR count). The maximum absolute atomic E-state index is 6.10. The predicted octanol–water partition coefficient (Wildman–Crippen LogP) is 4.71. The molecule has 2 heterocycles. The molecule has 3 nitrogen and oxygen atoms in total. The molecular formula is C16H19ClN2O. The average molecular weight is 291 g/mol. The third-order valence-electron chi connectivity index (χ3n) is 3.69. The van der Waals surface area contributed by atoms with Crippen LogP contribution >= 0.6 is 11.6 Å². The minimum atomic E-state index is 0.475. The Morgan fingerprint density at radius 1 is 1.35 bits per heavy atom. The van der Waals surface area contributed by atoms with Crippen molar-refractivity contribution in [2.45, 2.75) is 39.5 Å². The van der Waals surface area contributed by atoms with Gasteiger partial charge < -0.3 is 4.42 Å². The number of hydrogen-bond acceptors (Lipinski definition) is 3. The first-order chi connectivity index (χ1) is 9.52. The molecule has 106 valence electrons. The minimum absolute atomic E-state index is 0.475. The third kappa shape index (κ3) is 2.88. The van der Waals surface area contributed by atoms with Crippen LogP contribution in [0.25, 0.3) is 11.6 Å². The van der Waals surface area contributed by atoms with Crippen LogP contribution in [0.1, 0.15) is 44.6 Å². The van der Waals surface area contributed by atoms with Gasteiger partial charge in [0.25, 0.3) is 0 Å². The lowest BCUT2D eigenvalue weighted by molar-refractivity contribution is 0.514. The summed E-state index contributed by atoms with van der Waals surface area (Å²) in [6, 6.07) is 5.82. The summed E-state index contributed by atoms with van der Waals surface area (Å²) in [6.45, 7) is 6.56. The fourth-order valence-corrected chi connectivity index (χ4v) is 2.69. The van der Waals surface area contributed by atoms with Gasteiger partial charge in [-0.2, -0.15) is 0 Å². The maximum Gasteiger partial charge on any atom is 0.197 e. The van der Waals surface area contributed by atoms with Crippen LogP contribution in [0.15, 0.2) is 22.6 Å². The van der Waals surface area contributed by atoms with Crippen molar-refractivity contribution in [2.75, 3.05) is 0 Å². The molecule has 0 aliphatic heterocycles. The smallest absolute Gasteiger partial charge is 0.197 e. The number of aromatic nitrogens is 2. The molecule has 1 saturated carbocycles. The van der Waals surface area contributed by atoms with Crippen molar-refractivity contribution in [2.24, 2.45) is 11.8 Å². The summed E-state index contributed by atoms with van der Waals surface area (Å²) < 4.78 is 5.90. The Hall–Kier alpha value is -1.35. The molecular weight excluding hydrogens is 272 g/mol. The van der Waals surface area contributed by atoms with Crippen LogP contribution in [0.2, 0.25) is 5.15 Å². The molecule has 4 heteroatoms. The second kappa shape index (κ2) is 5.21. The van der Waals surface area contributed by atoms with E-state index in [-0.39, 0.29) is 0 Å². The predicted molar refractivity (Wildman–Crippen MR) is 79.8 cm³/mol. The highest BCUT2D eigenvalue weighted by atomic mass is 35.5. The van der Waals surface area contributed by atoms with Crippen molar-refractivity contribution in [3.63, 3.8) is 0 Å². The van der Waals surface area contributed by atoms with Gasteiger partial charge >= 0.3 is 0 Å². The summed E-state index contributed by atoms with van der Waals surface area (Å²) in [5.41, 5.74) is 0.965. The van der Waals surface area contributed by atoms with Crippen molar-refractivity contribution in [1.29, 1.82) is 0 Å². The van der Waals surface area contributed by atoms with Crippen LogP contribution in [0.3, 0.4) is 0 Å². The zero-order valence-corrected chi connectivity index (χ0v) is 12.8. The summed E-state index contributed by atoms with van der Waals surface area (Å²) in [6.07, 6.45) is 2.10. The fraction of sp³-hybridized carbons (Fsp3) is 0.500. The molecule has 1 aliphatic rings. The molecule has 1 aliphatic carbocycles. The maximum atomic E-state index is 6.10. The van der Waals surface area contributed by atoms with E-state index in [9.17, 15) is 0 Å². The van der Waals surface area contributed by atoms with Gasteiger partial charge in [-0.1, -0.05) is 32.4 Å². The van der Waals surface area contributed by atoms with E-state index in [1.54, 1.807) is 0 Å². The van der Waals surface area contributed by atoms with Crippen molar-refractivity contribution in [1.82, 2.24) is 9.97 Å². The highest BCUT2D eigenvalue weighted by Crippen LogP contribution is 2.47. The Morgan fingerprint density at radius 3 is 2.75 bits per heavy atom.